The molecule has 2 fully saturated rings. The molecule has 0 radical (unpaired) electrons. The molecular formula is C12H22N-. The third-order valence-electron chi connectivity index (χ3n) is 3.95. The summed E-state index contributed by atoms with van der Waals surface area (Å²) in [5.41, 5.74) is 0. The van der Waals surface area contributed by atoms with Crippen LogP contribution in [0.1, 0.15) is 44.9 Å². The highest BCUT2D eigenvalue weighted by Crippen LogP contribution is 2.35. The third kappa shape index (κ3) is 2.46. The zero-order chi connectivity index (χ0) is 9.10. The number of likely N-dealkylation sites (tertiary alicyclic amines) is 1. The molecule has 0 unspecified atom stereocenters. The first-order valence-corrected chi connectivity index (χ1v) is 5.92. The van der Waals surface area contributed by atoms with E-state index in [0.29, 0.717) is 0 Å². The van der Waals surface area contributed by atoms with Crippen LogP contribution in [0.2, 0.25) is 0 Å². The molecule has 76 valence electrons. The van der Waals surface area contributed by atoms with Crippen molar-refractivity contribution in [2.75, 3.05) is 13.1 Å². The molecule has 0 aromatic carbocycles. The van der Waals surface area contributed by atoms with E-state index in [-0.39, 0.29) is 0 Å². The quantitative estimate of drug-likeness (QED) is 0.561. The fourth-order valence-corrected chi connectivity index (χ4v) is 3.03. The number of rotatable bonds is 1. The Bertz CT molecular complexity index is 141. The van der Waals surface area contributed by atoms with Gasteiger partial charge in [0.1, 0.15) is 0 Å². The monoisotopic (exact) mass is 180 g/mol. The summed E-state index contributed by atoms with van der Waals surface area (Å²) in [6.07, 6.45) is 10.3. The summed E-state index contributed by atoms with van der Waals surface area (Å²) in [4.78, 5) is 2.24. The Morgan fingerprint density at radius 1 is 0.769 bits per heavy atom. The van der Waals surface area contributed by atoms with E-state index < -0.39 is 0 Å². The van der Waals surface area contributed by atoms with Crippen LogP contribution in [0, 0.1) is 18.9 Å². The molecule has 1 heterocycles. The summed E-state index contributed by atoms with van der Waals surface area (Å²) in [7, 11) is 4.01. The highest BCUT2D eigenvalue weighted by Gasteiger charge is 2.24. The molecule has 0 atom stereocenters. The molecule has 13 heavy (non-hydrogen) atoms. The van der Waals surface area contributed by atoms with E-state index in [9.17, 15) is 0 Å². The van der Waals surface area contributed by atoms with Crippen LogP contribution >= 0.6 is 0 Å². The van der Waals surface area contributed by atoms with Gasteiger partial charge in [0.05, 0.1) is 0 Å². The molecule has 1 aliphatic heterocycles. The second-order valence-corrected chi connectivity index (χ2v) is 4.85. The number of hydrogen-bond donors (Lipinski definition) is 0. The standard InChI is InChI=1S/C12H22N/c1-13-9-7-12(8-10-13)11-5-3-2-4-6-11/h11-12H,1-10H2/q-1. The van der Waals surface area contributed by atoms with E-state index in [1.165, 1.54) is 58.0 Å². The summed E-state index contributed by atoms with van der Waals surface area (Å²) in [5, 5.41) is 0. The molecule has 0 spiro atoms. The molecule has 0 bridgehead atoms. The summed E-state index contributed by atoms with van der Waals surface area (Å²) in [6.45, 7) is 2.47. The lowest BCUT2D eigenvalue weighted by molar-refractivity contribution is 0.154. The Kier molecular flexibility index (Phi) is 3.26. The molecule has 0 N–H and O–H groups in total. The topological polar surface area (TPSA) is 3.24 Å². The van der Waals surface area contributed by atoms with Gasteiger partial charge >= 0.3 is 0 Å². The fourth-order valence-electron chi connectivity index (χ4n) is 3.03. The van der Waals surface area contributed by atoms with E-state index in [2.05, 4.69) is 11.9 Å². The van der Waals surface area contributed by atoms with Crippen LogP contribution in [0.3, 0.4) is 0 Å². The SMILES string of the molecule is [CH2-]N1CCC(C2CCCCC2)CC1. The Labute approximate surface area is 82.5 Å². The van der Waals surface area contributed by atoms with Crippen LogP contribution in [0.15, 0.2) is 0 Å². The van der Waals surface area contributed by atoms with E-state index in [0.717, 1.165) is 11.8 Å². The first-order chi connectivity index (χ1) is 6.36. The lowest BCUT2D eigenvalue weighted by Gasteiger charge is -2.39. The van der Waals surface area contributed by atoms with Gasteiger partial charge in [-0.2, -0.15) is 0 Å². The second-order valence-electron chi connectivity index (χ2n) is 4.85. The predicted molar refractivity (Wildman–Crippen MR) is 56.2 cm³/mol. The van der Waals surface area contributed by atoms with Crippen molar-refractivity contribution >= 4 is 0 Å². The summed E-state index contributed by atoms with van der Waals surface area (Å²) in [6, 6.07) is 0. The van der Waals surface area contributed by atoms with Crippen LogP contribution in [0.4, 0.5) is 0 Å². The van der Waals surface area contributed by atoms with Crippen molar-refractivity contribution in [1.82, 2.24) is 4.90 Å². The molecule has 2 rings (SSSR count). The normalized spacial score (nSPS) is 29.3. The Morgan fingerprint density at radius 2 is 1.31 bits per heavy atom. The van der Waals surface area contributed by atoms with Crippen LogP contribution in [0.5, 0.6) is 0 Å². The minimum absolute atomic E-state index is 1.04. The Balaban J connectivity index is 1.79. The van der Waals surface area contributed by atoms with Gasteiger partial charge in [0.15, 0.2) is 0 Å². The molecular weight excluding hydrogens is 158 g/mol. The van der Waals surface area contributed by atoms with Gasteiger partial charge in [-0.1, -0.05) is 32.1 Å². The van der Waals surface area contributed by atoms with Crippen molar-refractivity contribution in [1.29, 1.82) is 0 Å². The first kappa shape index (κ1) is 9.51. The molecule has 1 nitrogen and oxygen atoms in total. The van der Waals surface area contributed by atoms with Gasteiger partial charge in [-0.05, 0) is 37.8 Å². The van der Waals surface area contributed by atoms with E-state index in [1.54, 1.807) is 0 Å². The summed E-state index contributed by atoms with van der Waals surface area (Å²) in [5.74, 6) is 2.11. The minimum Gasteiger partial charge on any atom is -0.459 e. The largest absolute Gasteiger partial charge is 0.459 e. The van der Waals surface area contributed by atoms with E-state index in [4.69, 9.17) is 0 Å². The minimum atomic E-state index is 1.04. The fraction of sp³-hybridized carbons (Fsp3) is 0.917. The first-order valence-electron chi connectivity index (χ1n) is 5.92. The van der Waals surface area contributed by atoms with Crippen molar-refractivity contribution in [2.45, 2.75) is 44.9 Å². The van der Waals surface area contributed by atoms with Gasteiger partial charge in [-0.3, -0.25) is 7.05 Å². The molecule has 1 heteroatoms. The molecule has 1 saturated heterocycles. The van der Waals surface area contributed by atoms with Crippen LogP contribution in [-0.2, 0) is 0 Å². The zero-order valence-corrected chi connectivity index (χ0v) is 8.67. The molecule has 1 saturated carbocycles. The average molecular weight is 180 g/mol. The van der Waals surface area contributed by atoms with Crippen LogP contribution < -0.4 is 0 Å². The molecule has 2 aliphatic rings. The van der Waals surface area contributed by atoms with Crippen molar-refractivity contribution in [2.24, 2.45) is 11.8 Å². The van der Waals surface area contributed by atoms with Crippen molar-refractivity contribution < 1.29 is 0 Å². The molecule has 0 amide bonds. The highest BCUT2D eigenvalue weighted by atomic mass is 15.1. The average Bonchev–Trinajstić information content (AvgIpc) is 2.20. The van der Waals surface area contributed by atoms with Crippen molar-refractivity contribution in [3.63, 3.8) is 0 Å². The number of nitrogens with zero attached hydrogens (tertiary/aromatic N) is 1. The van der Waals surface area contributed by atoms with Crippen LogP contribution in [-0.4, -0.2) is 18.0 Å². The van der Waals surface area contributed by atoms with E-state index in [1.807, 2.05) is 0 Å². The van der Waals surface area contributed by atoms with Gasteiger partial charge in [0, 0.05) is 0 Å². The maximum atomic E-state index is 4.01. The Hall–Kier alpha value is -0.0400. The lowest BCUT2D eigenvalue weighted by atomic mass is 9.76. The highest BCUT2D eigenvalue weighted by molar-refractivity contribution is 4.79. The molecule has 0 aromatic heterocycles. The second kappa shape index (κ2) is 4.45. The smallest absolute Gasteiger partial charge is 0.0301 e. The van der Waals surface area contributed by atoms with Crippen molar-refractivity contribution in [3.05, 3.63) is 7.05 Å². The number of hydrogen-bond acceptors (Lipinski definition) is 1. The third-order valence-corrected chi connectivity index (χ3v) is 3.95. The van der Waals surface area contributed by atoms with Gasteiger partial charge in [-0.25, -0.2) is 0 Å². The lowest BCUT2D eigenvalue weighted by Crippen LogP contribution is -2.32. The molecule has 0 aromatic rings. The van der Waals surface area contributed by atoms with E-state index >= 15 is 0 Å². The number of piperidine rings is 1. The summed E-state index contributed by atoms with van der Waals surface area (Å²) >= 11 is 0. The van der Waals surface area contributed by atoms with Gasteiger partial charge in [-0.15, -0.1) is 0 Å². The van der Waals surface area contributed by atoms with Gasteiger partial charge < -0.3 is 4.90 Å². The van der Waals surface area contributed by atoms with Crippen molar-refractivity contribution in [3.8, 4) is 0 Å². The maximum Gasteiger partial charge on any atom is -0.0301 e. The van der Waals surface area contributed by atoms with Gasteiger partial charge in [0.2, 0.25) is 0 Å². The zero-order valence-electron chi connectivity index (χ0n) is 8.67. The van der Waals surface area contributed by atoms with Gasteiger partial charge in [0.25, 0.3) is 0 Å². The maximum absolute atomic E-state index is 4.01. The predicted octanol–water partition coefficient (Wildman–Crippen LogP) is 3.07. The van der Waals surface area contributed by atoms with Crippen LogP contribution in [0.25, 0.3) is 0 Å². The summed E-state index contributed by atoms with van der Waals surface area (Å²) < 4.78 is 0. The molecule has 1 aliphatic carbocycles. The Morgan fingerprint density at radius 3 is 1.92 bits per heavy atom.